The van der Waals surface area contributed by atoms with Crippen molar-refractivity contribution < 1.29 is 28.2 Å². The van der Waals surface area contributed by atoms with Crippen molar-refractivity contribution in [2.24, 2.45) is 17.8 Å². The summed E-state index contributed by atoms with van der Waals surface area (Å²) in [6.07, 6.45) is 8.34. The van der Waals surface area contributed by atoms with Crippen molar-refractivity contribution >= 4 is 33.2 Å². The van der Waals surface area contributed by atoms with Gasteiger partial charge in [0.1, 0.15) is 11.4 Å². The second kappa shape index (κ2) is 11.4. The number of aliphatic hydroxyl groups excluding tert-OH is 1. The first-order valence-corrected chi connectivity index (χ1v) is 17.2. The Kier molecular flexibility index (Phi) is 8.07. The Morgan fingerprint density at radius 3 is 2.72 bits per heavy atom. The number of aryl methyl sites for hydroxylation is 1. The average molecular weight is 629 g/mol. The van der Waals surface area contributed by atoms with Crippen molar-refractivity contribution in [1.29, 1.82) is 0 Å². The van der Waals surface area contributed by atoms with Gasteiger partial charge in [-0.1, -0.05) is 36.7 Å². The van der Waals surface area contributed by atoms with Crippen molar-refractivity contribution in [3.8, 4) is 5.75 Å². The Labute approximate surface area is 259 Å². The van der Waals surface area contributed by atoms with Crippen LogP contribution in [0.5, 0.6) is 5.75 Å². The lowest BCUT2D eigenvalue weighted by Crippen LogP contribution is -2.53. The lowest BCUT2D eigenvalue weighted by molar-refractivity contribution is -0.0770. The van der Waals surface area contributed by atoms with Gasteiger partial charge in [-0.15, -0.1) is 0 Å². The van der Waals surface area contributed by atoms with Crippen molar-refractivity contribution in [3.63, 3.8) is 0 Å². The second-order valence-corrected chi connectivity index (χ2v) is 15.7. The van der Waals surface area contributed by atoms with Crippen molar-refractivity contribution in [2.45, 2.75) is 68.6 Å². The molecule has 1 unspecified atom stereocenters. The summed E-state index contributed by atoms with van der Waals surface area (Å²) in [4.78, 5) is 15.6. The van der Waals surface area contributed by atoms with Gasteiger partial charge in [0, 0.05) is 29.1 Å². The zero-order chi connectivity index (χ0) is 30.6. The molecule has 2 heterocycles. The molecule has 6 rings (SSSR count). The summed E-state index contributed by atoms with van der Waals surface area (Å²) >= 11 is 6.38. The first-order valence-electron chi connectivity index (χ1n) is 15.3. The Bertz CT molecular complexity index is 1550. The summed E-state index contributed by atoms with van der Waals surface area (Å²) in [6.45, 7) is 4.65. The van der Waals surface area contributed by atoms with Gasteiger partial charge in [0.25, 0.3) is 5.91 Å². The van der Waals surface area contributed by atoms with Crippen LogP contribution in [0.1, 0.15) is 67.4 Å². The fourth-order valence-electron chi connectivity index (χ4n) is 7.54. The number of benzene rings is 2. The molecule has 4 aliphatic rings. The summed E-state index contributed by atoms with van der Waals surface area (Å²) in [5, 5.41) is 21.8. The highest BCUT2D eigenvalue weighted by Gasteiger charge is 2.48. The number of anilines is 1. The molecule has 0 aromatic heterocycles. The van der Waals surface area contributed by atoms with Crippen LogP contribution in [-0.2, 0) is 21.9 Å². The number of sulfonamides is 1. The van der Waals surface area contributed by atoms with E-state index < -0.39 is 33.4 Å². The number of amides is 1. The van der Waals surface area contributed by atoms with E-state index in [1.54, 1.807) is 44.2 Å². The molecule has 10 heteroatoms. The van der Waals surface area contributed by atoms with Crippen LogP contribution in [0.3, 0.4) is 0 Å². The van der Waals surface area contributed by atoms with Gasteiger partial charge in [-0.05, 0) is 105 Å². The molecule has 1 fully saturated rings. The maximum absolute atomic E-state index is 13.4. The quantitative estimate of drug-likeness (QED) is 0.395. The second-order valence-electron chi connectivity index (χ2n) is 13.2. The Morgan fingerprint density at radius 2 is 1.98 bits per heavy atom. The molecular formula is C33H41ClN2O6S. The Balaban J connectivity index is 1.45. The highest BCUT2D eigenvalue weighted by molar-refractivity contribution is 7.90. The SMILES string of the molecule is C[C@@H]1[C@@H](C)C/C=C/C(O)(CO)[C@@H]2CC[C@H]2CN2C[C@@]3(CCCc4cc(Cl)ccc43)COc3ccc(cc32)C(=O)NS1(=O)=O. The summed E-state index contributed by atoms with van der Waals surface area (Å²) in [5.74, 6) is -0.424. The first-order chi connectivity index (χ1) is 20.4. The zero-order valence-corrected chi connectivity index (χ0v) is 26.3. The number of hydrogen-bond acceptors (Lipinski definition) is 7. The van der Waals surface area contributed by atoms with Gasteiger partial charge in [0.15, 0.2) is 0 Å². The molecule has 6 atom stereocenters. The monoisotopic (exact) mass is 628 g/mol. The summed E-state index contributed by atoms with van der Waals surface area (Å²) < 4.78 is 35.2. The van der Waals surface area contributed by atoms with E-state index in [2.05, 4.69) is 15.7 Å². The number of fused-ring (bicyclic) bond motifs is 4. The van der Waals surface area contributed by atoms with Gasteiger partial charge in [-0.25, -0.2) is 13.1 Å². The molecule has 0 saturated heterocycles. The topological polar surface area (TPSA) is 116 Å². The maximum Gasteiger partial charge on any atom is 0.264 e. The number of ether oxygens (including phenoxy) is 1. The maximum atomic E-state index is 13.4. The minimum Gasteiger partial charge on any atom is -0.490 e. The average Bonchev–Trinajstić information content (AvgIpc) is 3.11. The van der Waals surface area contributed by atoms with Crippen molar-refractivity contribution in [1.82, 2.24) is 4.72 Å². The number of nitrogens with one attached hydrogen (secondary N) is 1. The highest BCUT2D eigenvalue weighted by Crippen LogP contribution is 2.48. The van der Waals surface area contributed by atoms with Gasteiger partial charge in [0.05, 0.1) is 24.2 Å². The van der Waals surface area contributed by atoms with E-state index in [-0.39, 0.29) is 28.7 Å². The molecule has 43 heavy (non-hydrogen) atoms. The minimum atomic E-state index is -3.98. The van der Waals surface area contributed by atoms with E-state index in [4.69, 9.17) is 16.3 Å². The highest BCUT2D eigenvalue weighted by atomic mass is 35.5. The van der Waals surface area contributed by atoms with Gasteiger partial charge >= 0.3 is 0 Å². The molecular weight excluding hydrogens is 588 g/mol. The third-order valence-corrected chi connectivity index (χ3v) is 12.7. The molecule has 2 aliphatic heterocycles. The van der Waals surface area contributed by atoms with Gasteiger partial charge in [-0.2, -0.15) is 0 Å². The smallest absolute Gasteiger partial charge is 0.264 e. The Morgan fingerprint density at radius 1 is 1.16 bits per heavy atom. The molecule has 1 spiro atoms. The van der Waals surface area contributed by atoms with Gasteiger partial charge in [-0.3, -0.25) is 4.79 Å². The standard InChI is InChI=1S/C33H41ClN2O6S/c1-21-5-3-14-33(39,19-37)28-10-7-25(28)17-36-18-32(13-4-6-23-15-26(34)9-11-27(23)32)20-42-30-12-8-24(16-29(30)36)31(38)35-43(40,41)22(21)2/h3,8-9,11-12,14-16,21-22,25,28,37,39H,4-7,10,13,17-20H2,1-2H3,(H,35,38)/b14-3+/t21-,22+,25-,28+,32-,33?/m0/s1. The number of aliphatic hydroxyl groups is 2. The van der Waals surface area contributed by atoms with Crippen molar-refractivity contribution in [2.75, 3.05) is 31.2 Å². The largest absolute Gasteiger partial charge is 0.490 e. The summed E-state index contributed by atoms with van der Waals surface area (Å²) in [6, 6.07) is 11.2. The van der Waals surface area contributed by atoms with E-state index in [9.17, 15) is 23.4 Å². The predicted molar refractivity (Wildman–Crippen MR) is 167 cm³/mol. The molecule has 2 bridgehead atoms. The van der Waals surface area contributed by atoms with Crippen LogP contribution >= 0.6 is 11.6 Å². The van der Waals surface area contributed by atoms with Crippen LogP contribution in [-0.4, -0.2) is 61.7 Å². The molecule has 2 aromatic carbocycles. The number of rotatable bonds is 1. The van der Waals surface area contributed by atoms with Crippen LogP contribution in [0, 0.1) is 17.8 Å². The molecule has 8 nitrogen and oxygen atoms in total. The summed E-state index contributed by atoms with van der Waals surface area (Å²) in [5.41, 5.74) is 1.68. The molecule has 3 N–H and O–H groups in total. The van der Waals surface area contributed by atoms with E-state index >= 15 is 0 Å². The normalized spacial score (nSPS) is 34.5. The van der Waals surface area contributed by atoms with Crippen molar-refractivity contribution in [3.05, 3.63) is 70.3 Å². The molecule has 232 valence electrons. The molecule has 2 aliphatic carbocycles. The molecule has 1 saturated carbocycles. The minimum absolute atomic E-state index is 0.0974. The third-order valence-electron chi connectivity index (χ3n) is 10.5. The fourth-order valence-corrected chi connectivity index (χ4v) is 9.02. The number of halogens is 1. The van der Waals surface area contributed by atoms with E-state index in [1.165, 1.54) is 11.1 Å². The van der Waals surface area contributed by atoms with Crippen LogP contribution in [0.2, 0.25) is 5.02 Å². The van der Waals surface area contributed by atoms with Crippen LogP contribution in [0.4, 0.5) is 5.69 Å². The first kappa shape index (κ1) is 30.4. The fraction of sp³-hybridized carbons (Fsp3) is 0.545. The molecule has 2 aromatic rings. The number of allylic oxidation sites excluding steroid dienone is 1. The van der Waals surface area contributed by atoms with E-state index in [1.807, 2.05) is 12.1 Å². The molecule has 1 amide bonds. The Hall–Kier alpha value is -2.59. The van der Waals surface area contributed by atoms with E-state index in [0.29, 0.717) is 36.9 Å². The lowest BCUT2D eigenvalue weighted by Gasteiger charge is -2.48. The third kappa shape index (κ3) is 5.58. The number of hydrogen-bond donors (Lipinski definition) is 3. The van der Waals surface area contributed by atoms with Crippen LogP contribution < -0.4 is 14.4 Å². The van der Waals surface area contributed by atoms with Crippen LogP contribution in [0.25, 0.3) is 0 Å². The van der Waals surface area contributed by atoms with Gasteiger partial charge in [0.2, 0.25) is 10.0 Å². The number of carbonyl (C=O) groups excluding carboxylic acids is 1. The number of nitrogens with zero attached hydrogens (tertiary/aromatic N) is 1. The van der Waals surface area contributed by atoms with Gasteiger partial charge < -0.3 is 19.8 Å². The van der Waals surface area contributed by atoms with E-state index in [0.717, 1.165) is 37.8 Å². The lowest BCUT2D eigenvalue weighted by atomic mass is 9.64. The summed E-state index contributed by atoms with van der Waals surface area (Å²) in [7, 11) is -3.98. The predicted octanol–water partition coefficient (Wildman–Crippen LogP) is 4.61. The van der Waals surface area contributed by atoms with Crippen LogP contribution in [0.15, 0.2) is 48.6 Å². The molecule has 0 radical (unpaired) electrons. The zero-order valence-electron chi connectivity index (χ0n) is 24.8. The number of carbonyl (C=O) groups is 1.